The first-order chi connectivity index (χ1) is 7.13. The van der Waals surface area contributed by atoms with E-state index in [9.17, 15) is 4.79 Å². The van der Waals surface area contributed by atoms with Crippen LogP contribution in [0.3, 0.4) is 0 Å². The zero-order chi connectivity index (χ0) is 11.3. The number of allylic oxidation sites excluding steroid dienone is 2. The van der Waals surface area contributed by atoms with Crippen molar-refractivity contribution in [2.24, 2.45) is 5.92 Å². The third-order valence-electron chi connectivity index (χ3n) is 2.88. The second kappa shape index (κ2) is 5.74. The number of hydrogen-bond donors (Lipinski definition) is 0. The predicted molar refractivity (Wildman–Crippen MR) is 61.5 cm³/mol. The monoisotopic (exact) mass is 208 g/mol. The zero-order valence-corrected chi connectivity index (χ0v) is 9.71. The van der Waals surface area contributed by atoms with Crippen LogP contribution in [-0.2, 0) is 9.53 Å². The molecule has 0 N–H and O–H groups in total. The van der Waals surface area contributed by atoms with Gasteiger partial charge in [0.05, 0.1) is 13.0 Å². The summed E-state index contributed by atoms with van der Waals surface area (Å²) in [7, 11) is 0. The van der Waals surface area contributed by atoms with Gasteiger partial charge in [-0.05, 0) is 39.0 Å². The highest BCUT2D eigenvalue weighted by Crippen LogP contribution is 2.29. The maximum absolute atomic E-state index is 11.2. The van der Waals surface area contributed by atoms with Crippen molar-refractivity contribution < 1.29 is 9.53 Å². The van der Waals surface area contributed by atoms with Crippen molar-refractivity contribution >= 4 is 5.97 Å². The van der Waals surface area contributed by atoms with Crippen LogP contribution in [0.25, 0.3) is 0 Å². The summed E-state index contributed by atoms with van der Waals surface area (Å²) < 4.78 is 4.92. The van der Waals surface area contributed by atoms with E-state index in [0.29, 0.717) is 18.9 Å². The fraction of sp³-hybridized carbons (Fsp3) is 0.615. The molecule has 1 aliphatic rings. The highest BCUT2D eigenvalue weighted by molar-refractivity contribution is 5.72. The summed E-state index contributed by atoms with van der Waals surface area (Å²) in [5.41, 5.74) is 2.48. The highest BCUT2D eigenvalue weighted by atomic mass is 16.5. The first-order valence-corrected chi connectivity index (χ1v) is 5.62. The lowest BCUT2D eigenvalue weighted by atomic mass is 9.85. The number of carbonyl (C=O) groups excluding carboxylic acids is 1. The molecule has 1 atom stereocenters. The topological polar surface area (TPSA) is 26.3 Å². The van der Waals surface area contributed by atoms with Crippen LogP contribution in [0.15, 0.2) is 23.8 Å². The molecule has 2 nitrogen and oxygen atoms in total. The summed E-state index contributed by atoms with van der Waals surface area (Å²) in [6.45, 7) is 8.36. The van der Waals surface area contributed by atoms with Gasteiger partial charge in [-0.2, -0.15) is 0 Å². The minimum Gasteiger partial charge on any atom is -0.466 e. The van der Waals surface area contributed by atoms with Crippen molar-refractivity contribution in [3.05, 3.63) is 23.8 Å². The minimum atomic E-state index is -0.0995. The fourth-order valence-corrected chi connectivity index (χ4v) is 1.89. The summed E-state index contributed by atoms with van der Waals surface area (Å²) in [4.78, 5) is 11.2. The van der Waals surface area contributed by atoms with Gasteiger partial charge in [-0.1, -0.05) is 23.8 Å². The second-order valence-corrected chi connectivity index (χ2v) is 4.16. The van der Waals surface area contributed by atoms with Crippen LogP contribution in [0.2, 0.25) is 0 Å². The summed E-state index contributed by atoms with van der Waals surface area (Å²) in [6, 6.07) is 0. The average molecular weight is 208 g/mol. The van der Waals surface area contributed by atoms with E-state index in [1.807, 2.05) is 6.92 Å². The third-order valence-corrected chi connectivity index (χ3v) is 2.88. The van der Waals surface area contributed by atoms with Crippen molar-refractivity contribution in [3.63, 3.8) is 0 Å². The molecule has 0 fully saturated rings. The lowest BCUT2D eigenvalue weighted by molar-refractivity contribution is -0.142. The van der Waals surface area contributed by atoms with Gasteiger partial charge in [0.2, 0.25) is 0 Å². The fourth-order valence-electron chi connectivity index (χ4n) is 1.89. The van der Waals surface area contributed by atoms with Gasteiger partial charge < -0.3 is 4.74 Å². The lowest BCUT2D eigenvalue weighted by Crippen LogP contribution is -2.10. The summed E-state index contributed by atoms with van der Waals surface area (Å²) in [5, 5.41) is 0. The number of ether oxygens (including phenoxy) is 1. The summed E-state index contributed by atoms with van der Waals surface area (Å²) >= 11 is 0. The number of esters is 1. The van der Waals surface area contributed by atoms with Crippen molar-refractivity contribution in [1.29, 1.82) is 0 Å². The van der Waals surface area contributed by atoms with Crippen LogP contribution in [0, 0.1) is 5.92 Å². The lowest BCUT2D eigenvalue weighted by Gasteiger charge is -2.21. The van der Waals surface area contributed by atoms with E-state index in [1.54, 1.807) is 0 Å². The van der Waals surface area contributed by atoms with Gasteiger partial charge in [-0.3, -0.25) is 4.79 Å². The number of rotatable bonds is 4. The molecule has 84 valence electrons. The van der Waals surface area contributed by atoms with Gasteiger partial charge in [0, 0.05) is 0 Å². The standard InChI is InChI=1S/C13H20O2/c1-4-15-13(14)9-11-5-7-12(8-6-11)10(2)3/h5,12H,2,4,6-9H2,1,3H3. The maximum atomic E-state index is 11.2. The number of hydrogen-bond acceptors (Lipinski definition) is 2. The maximum Gasteiger partial charge on any atom is 0.309 e. The molecule has 0 saturated carbocycles. The van der Waals surface area contributed by atoms with Gasteiger partial charge >= 0.3 is 5.97 Å². The molecule has 0 amide bonds. The molecule has 0 aromatic rings. The smallest absolute Gasteiger partial charge is 0.309 e. The molecule has 0 aromatic carbocycles. The van der Waals surface area contributed by atoms with E-state index < -0.39 is 0 Å². The molecule has 0 spiro atoms. The van der Waals surface area contributed by atoms with E-state index in [4.69, 9.17) is 4.74 Å². The molecular weight excluding hydrogens is 188 g/mol. The van der Waals surface area contributed by atoms with Crippen molar-refractivity contribution in [1.82, 2.24) is 0 Å². The Kier molecular flexibility index (Phi) is 4.60. The second-order valence-electron chi connectivity index (χ2n) is 4.16. The Morgan fingerprint density at radius 2 is 2.40 bits per heavy atom. The summed E-state index contributed by atoms with van der Waals surface area (Å²) in [6.07, 6.45) is 5.82. The Bertz CT molecular complexity index is 276. The molecule has 2 heteroatoms. The summed E-state index contributed by atoms with van der Waals surface area (Å²) in [5.74, 6) is 0.508. The molecule has 0 heterocycles. The molecule has 0 bridgehead atoms. The van der Waals surface area contributed by atoms with Crippen molar-refractivity contribution in [2.75, 3.05) is 6.61 Å². The van der Waals surface area contributed by atoms with E-state index in [-0.39, 0.29) is 5.97 Å². The predicted octanol–water partition coefficient (Wildman–Crippen LogP) is 3.24. The van der Waals surface area contributed by atoms with Crippen LogP contribution < -0.4 is 0 Å². The van der Waals surface area contributed by atoms with Crippen molar-refractivity contribution in [3.8, 4) is 0 Å². The van der Waals surface area contributed by atoms with Crippen LogP contribution in [-0.4, -0.2) is 12.6 Å². The van der Waals surface area contributed by atoms with Gasteiger partial charge in [0.25, 0.3) is 0 Å². The molecular formula is C13H20O2. The Morgan fingerprint density at radius 3 is 2.87 bits per heavy atom. The normalized spacial score (nSPS) is 20.7. The largest absolute Gasteiger partial charge is 0.466 e. The SMILES string of the molecule is C=C(C)C1CC=C(CC(=O)OCC)CC1. The Balaban J connectivity index is 2.40. The minimum absolute atomic E-state index is 0.0995. The molecule has 0 saturated heterocycles. The average Bonchev–Trinajstić information content (AvgIpc) is 2.18. The molecule has 15 heavy (non-hydrogen) atoms. The van der Waals surface area contributed by atoms with Crippen LogP contribution in [0.1, 0.15) is 39.5 Å². The molecule has 1 unspecified atom stereocenters. The van der Waals surface area contributed by atoms with Gasteiger partial charge in [0.15, 0.2) is 0 Å². The van der Waals surface area contributed by atoms with Gasteiger partial charge in [-0.15, -0.1) is 0 Å². The molecule has 0 aromatic heterocycles. The van der Waals surface area contributed by atoms with E-state index >= 15 is 0 Å². The molecule has 0 aliphatic heterocycles. The first-order valence-electron chi connectivity index (χ1n) is 5.62. The Hall–Kier alpha value is -1.05. The van der Waals surface area contributed by atoms with E-state index in [2.05, 4.69) is 19.6 Å². The van der Waals surface area contributed by atoms with Gasteiger partial charge in [0.1, 0.15) is 0 Å². The number of carbonyl (C=O) groups is 1. The van der Waals surface area contributed by atoms with Crippen molar-refractivity contribution in [2.45, 2.75) is 39.5 Å². The Labute approximate surface area is 92.0 Å². The zero-order valence-electron chi connectivity index (χ0n) is 9.71. The molecule has 1 aliphatic carbocycles. The quantitative estimate of drug-likeness (QED) is 0.523. The van der Waals surface area contributed by atoms with Crippen LogP contribution in [0.5, 0.6) is 0 Å². The van der Waals surface area contributed by atoms with Crippen LogP contribution in [0.4, 0.5) is 0 Å². The third kappa shape index (κ3) is 3.90. The van der Waals surface area contributed by atoms with E-state index in [1.165, 1.54) is 11.1 Å². The Morgan fingerprint density at radius 1 is 1.67 bits per heavy atom. The van der Waals surface area contributed by atoms with Crippen LogP contribution >= 0.6 is 0 Å². The molecule has 0 radical (unpaired) electrons. The highest BCUT2D eigenvalue weighted by Gasteiger charge is 2.16. The van der Waals surface area contributed by atoms with Gasteiger partial charge in [-0.25, -0.2) is 0 Å². The van der Waals surface area contributed by atoms with E-state index in [0.717, 1.165) is 19.3 Å². The first kappa shape index (κ1) is 12.0. The molecule has 1 rings (SSSR count).